The summed E-state index contributed by atoms with van der Waals surface area (Å²) in [6.07, 6.45) is 2.31. The zero-order valence-corrected chi connectivity index (χ0v) is 28.1. The Morgan fingerprint density at radius 1 is 0.958 bits per heavy atom. The molecule has 3 amide bonds. The first-order valence-corrected chi connectivity index (χ1v) is 16.9. The maximum absolute atomic E-state index is 13.2. The number of ether oxygens (including phenoxy) is 1. The first-order valence-electron chi connectivity index (χ1n) is 16.9. The Labute approximate surface area is 279 Å². The van der Waals surface area contributed by atoms with E-state index in [9.17, 15) is 24.4 Å². The van der Waals surface area contributed by atoms with Crippen LogP contribution in [0.4, 0.5) is 16.2 Å². The molecule has 48 heavy (non-hydrogen) atoms. The van der Waals surface area contributed by atoms with Gasteiger partial charge in [0.25, 0.3) is 0 Å². The maximum Gasteiger partial charge on any atom is 0.410 e. The SMILES string of the molecule is Cn1c(=O)n(C2CCC(=O)NC2=O)c2ccc(N3CCC4(CC3)CN(c3ccc([C@H]5CN(C(=O)OC(C)(C)C)C[C@@H]5C#N)cc3)C4)cc21. The minimum atomic E-state index is -0.691. The molecule has 3 atom stereocenters. The van der Waals surface area contributed by atoms with Gasteiger partial charge in [0.1, 0.15) is 11.6 Å². The number of amides is 3. The van der Waals surface area contributed by atoms with E-state index in [4.69, 9.17) is 4.74 Å². The molecule has 1 aromatic heterocycles. The summed E-state index contributed by atoms with van der Waals surface area (Å²) in [6, 6.07) is 16.2. The van der Waals surface area contributed by atoms with E-state index in [-0.39, 0.29) is 41.4 Å². The summed E-state index contributed by atoms with van der Waals surface area (Å²) in [6.45, 7) is 10.2. The van der Waals surface area contributed by atoms with Crippen LogP contribution in [0.3, 0.4) is 0 Å². The normalized spacial score (nSPS) is 24.1. The topological polar surface area (TPSA) is 133 Å². The predicted molar refractivity (Wildman–Crippen MR) is 181 cm³/mol. The number of nitrogens with one attached hydrogen (secondary N) is 1. The van der Waals surface area contributed by atoms with E-state index in [0.29, 0.717) is 25.0 Å². The molecule has 4 fully saturated rings. The highest BCUT2D eigenvalue weighted by Crippen LogP contribution is 2.44. The van der Waals surface area contributed by atoms with Gasteiger partial charge in [0, 0.05) is 75.4 Å². The fraction of sp³-hybridized carbons (Fsp3) is 0.528. The molecular formula is C36H43N7O5. The number of aryl methyl sites for hydroxylation is 1. The van der Waals surface area contributed by atoms with Crippen molar-refractivity contribution < 1.29 is 19.1 Å². The van der Waals surface area contributed by atoms with Crippen LogP contribution in [-0.2, 0) is 21.4 Å². The number of piperidine rings is 2. The molecule has 0 radical (unpaired) electrons. The zero-order chi connectivity index (χ0) is 34.0. The highest BCUT2D eigenvalue weighted by Gasteiger charge is 2.45. The monoisotopic (exact) mass is 653 g/mol. The number of benzene rings is 2. The number of nitriles is 1. The van der Waals surface area contributed by atoms with Gasteiger partial charge in [-0.1, -0.05) is 12.1 Å². The van der Waals surface area contributed by atoms with Crippen molar-refractivity contribution in [2.75, 3.05) is 49.1 Å². The second kappa shape index (κ2) is 11.7. The van der Waals surface area contributed by atoms with Crippen LogP contribution >= 0.6 is 0 Å². The molecule has 4 saturated heterocycles. The van der Waals surface area contributed by atoms with Crippen molar-refractivity contribution in [3.8, 4) is 6.07 Å². The van der Waals surface area contributed by atoms with E-state index in [1.807, 2.05) is 39.0 Å². The number of imide groups is 1. The van der Waals surface area contributed by atoms with Crippen molar-refractivity contribution in [1.29, 1.82) is 5.26 Å². The Kier molecular flexibility index (Phi) is 7.76. The molecule has 0 aliphatic carbocycles. The van der Waals surface area contributed by atoms with Gasteiger partial charge in [-0.2, -0.15) is 5.26 Å². The summed E-state index contributed by atoms with van der Waals surface area (Å²) in [5.74, 6) is -1.03. The van der Waals surface area contributed by atoms with E-state index in [2.05, 4.69) is 45.5 Å². The number of carbonyl (C=O) groups is 3. The molecule has 4 aliphatic heterocycles. The van der Waals surface area contributed by atoms with Gasteiger partial charge < -0.3 is 19.4 Å². The van der Waals surface area contributed by atoms with Crippen molar-refractivity contribution in [3.05, 3.63) is 58.5 Å². The van der Waals surface area contributed by atoms with Crippen LogP contribution in [0.1, 0.15) is 64.0 Å². The lowest BCUT2D eigenvalue weighted by molar-refractivity contribution is -0.135. The molecule has 2 aromatic carbocycles. The standard InChI is InChI=1S/C36H43N7O5/c1-35(2,3)48-34(47)41-19-24(18-37)27(20-41)23-5-7-25(8-6-23)42-21-36(22-42)13-15-40(16-14-36)26-9-10-28-30(17-26)39(4)33(46)43(28)29-11-12-31(44)38-32(29)45/h5-10,17,24,27,29H,11-16,19-22H2,1-4H3,(H,38,44,45)/t24-,27+,29?/m0/s1. The lowest BCUT2D eigenvalue weighted by Crippen LogP contribution is -2.60. The van der Waals surface area contributed by atoms with Gasteiger partial charge in [-0.3, -0.25) is 24.0 Å². The number of nitrogens with zero attached hydrogens (tertiary/aromatic N) is 6. The second-order valence-corrected chi connectivity index (χ2v) is 15.0. The van der Waals surface area contributed by atoms with Crippen LogP contribution in [0.5, 0.6) is 0 Å². The summed E-state index contributed by atoms with van der Waals surface area (Å²) in [5.41, 5.74) is 4.22. The third-order valence-corrected chi connectivity index (χ3v) is 10.7. The number of hydrogen-bond acceptors (Lipinski definition) is 8. The summed E-state index contributed by atoms with van der Waals surface area (Å²) in [7, 11) is 1.73. The van der Waals surface area contributed by atoms with Crippen molar-refractivity contribution in [1.82, 2.24) is 19.4 Å². The van der Waals surface area contributed by atoms with E-state index >= 15 is 0 Å². The minimum absolute atomic E-state index is 0.0405. The smallest absolute Gasteiger partial charge is 0.410 e. The fourth-order valence-electron chi connectivity index (χ4n) is 7.96. The van der Waals surface area contributed by atoms with E-state index in [1.54, 1.807) is 16.5 Å². The van der Waals surface area contributed by atoms with Gasteiger partial charge in [-0.15, -0.1) is 0 Å². The molecule has 252 valence electrons. The Balaban J connectivity index is 0.966. The van der Waals surface area contributed by atoms with E-state index in [0.717, 1.165) is 55.8 Å². The molecular weight excluding hydrogens is 610 g/mol. The largest absolute Gasteiger partial charge is 0.444 e. The maximum atomic E-state index is 13.2. The number of fused-ring (bicyclic) bond motifs is 1. The number of hydrogen-bond donors (Lipinski definition) is 1. The summed E-state index contributed by atoms with van der Waals surface area (Å²) >= 11 is 0. The molecule has 3 aromatic rings. The number of aromatic nitrogens is 2. The van der Waals surface area contributed by atoms with Gasteiger partial charge in [0.15, 0.2) is 0 Å². The third-order valence-electron chi connectivity index (χ3n) is 10.7. The number of carbonyl (C=O) groups excluding carboxylic acids is 3. The fourth-order valence-corrected chi connectivity index (χ4v) is 7.96. The molecule has 0 saturated carbocycles. The van der Waals surface area contributed by atoms with Crippen molar-refractivity contribution in [2.24, 2.45) is 18.4 Å². The first-order chi connectivity index (χ1) is 22.8. The van der Waals surface area contributed by atoms with E-state index < -0.39 is 17.6 Å². The van der Waals surface area contributed by atoms with Crippen molar-refractivity contribution in [2.45, 2.75) is 64.0 Å². The molecule has 1 spiro atoms. The molecule has 12 nitrogen and oxygen atoms in total. The van der Waals surface area contributed by atoms with Crippen molar-refractivity contribution >= 4 is 40.3 Å². The van der Waals surface area contributed by atoms with Crippen molar-refractivity contribution in [3.63, 3.8) is 0 Å². The Hall–Kier alpha value is -4.79. The quantitative estimate of drug-likeness (QED) is 0.420. The van der Waals surface area contributed by atoms with Crippen LogP contribution in [0, 0.1) is 22.7 Å². The highest BCUT2D eigenvalue weighted by atomic mass is 16.6. The summed E-state index contributed by atoms with van der Waals surface area (Å²) in [5, 5.41) is 12.2. The van der Waals surface area contributed by atoms with Crippen LogP contribution in [0.25, 0.3) is 11.0 Å². The van der Waals surface area contributed by atoms with Crippen LogP contribution in [0.2, 0.25) is 0 Å². The molecule has 12 heteroatoms. The van der Waals surface area contributed by atoms with E-state index in [1.165, 1.54) is 10.3 Å². The average molecular weight is 654 g/mol. The molecule has 0 bridgehead atoms. The van der Waals surface area contributed by atoms with Gasteiger partial charge in [-0.05, 0) is 75.9 Å². The Morgan fingerprint density at radius 3 is 2.29 bits per heavy atom. The van der Waals surface area contributed by atoms with Crippen LogP contribution in [-0.4, -0.2) is 76.8 Å². The van der Waals surface area contributed by atoms with Crippen LogP contribution < -0.4 is 20.8 Å². The second-order valence-electron chi connectivity index (χ2n) is 15.0. The predicted octanol–water partition coefficient (Wildman–Crippen LogP) is 3.90. The van der Waals surface area contributed by atoms with Gasteiger partial charge >= 0.3 is 11.8 Å². The molecule has 4 aliphatic rings. The number of anilines is 2. The Morgan fingerprint density at radius 2 is 1.65 bits per heavy atom. The zero-order valence-electron chi connectivity index (χ0n) is 28.1. The van der Waals surface area contributed by atoms with Crippen LogP contribution in [0.15, 0.2) is 47.3 Å². The Bertz CT molecular complexity index is 1870. The molecule has 1 N–H and O–H groups in total. The lowest BCUT2D eigenvalue weighted by atomic mass is 9.71. The van der Waals surface area contributed by atoms with Gasteiger partial charge in [0.05, 0.1) is 23.0 Å². The number of likely N-dealkylation sites (tertiary alicyclic amines) is 1. The summed E-state index contributed by atoms with van der Waals surface area (Å²) in [4.78, 5) is 56.5. The van der Waals surface area contributed by atoms with Gasteiger partial charge in [0.2, 0.25) is 11.8 Å². The minimum Gasteiger partial charge on any atom is -0.444 e. The first kappa shape index (κ1) is 31.8. The molecule has 7 rings (SSSR count). The summed E-state index contributed by atoms with van der Waals surface area (Å²) < 4.78 is 8.66. The molecule has 1 unspecified atom stereocenters. The lowest BCUT2D eigenvalue weighted by Gasteiger charge is -2.55. The third kappa shape index (κ3) is 5.69. The highest BCUT2D eigenvalue weighted by molar-refractivity contribution is 6.00. The molecule has 5 heterocycles. The number of rotatable bonds is 4. The van der Waals surface area contributed by atoms with Gasteiger partial charge in [-0.25, -0.2) is 9.59 Å². The average Bonchev–Trinajstić information content (AvgIpc) is 3.58. The number of imidazole rings is 1.